The lowest BCUT2D eigenvalue weighted by Crippen LogP contribution is -2.47. The first-order chi connectivity index (χ1) is 7.15. The molecule has 0 aromatic rings. The Hall–Kier alpha value is -0.160. The molecule has 1 saturated carbocycles. The summed E-state index contributed by atoms with van der Waals surface area (Å²) in [7, 11) is 1.98. The van der Waals surface area contributed by atoms with Gasteiger partial charge in [0.25, 0.3) is 0 Å². The summed E-state index contributed by atoms with van der Waals surface area (Å²) in [4.78, 5) is 2.07. The third kappa shape index (κ3) is 4.93. The van der Waals surface area contributed by atoms with Crippen LogP contribution in [0.5, 0.6) is 0 Å². The molecule has 1 rings (SSSR count). The summed E-state index contributed by atoms with van der Waals surface area (Å²) in [6.07, 6.45) is 2.66. The predicted molar refractivity (Wildman–Crippen MR) is 60.7 cm³/mol. The SMILES string of the molecule is CC(N)C(CO)N(C)CCOCC1CC1. The van der Waals surface area contributed by atoms with Crippen molar-refractivity contribution in [3.63, 3.8) is 0 Å². The Kier molecular flexibility index (Phi) is 5.53. The number of rotatable bonds is 8. The van der Waals surface area contributed by atoms with E-state index in [4.69, 9.17) is 15.6 Å². The fourth-order valence-corrected chi connectivity index (χ4v) is 1.62. The first kappa shape index (κ1) is 12.9. The molecule has 0 radical (unpaired) electrons. The Labute approximate surface area is 92.4 Å². The maximum atomic E-state index is 9.16. The highest BCUT2D eigenvalue weighted by Crippen LogP contribution is 2.28. The lowest BCUT2D eigenvalue weighted by atomic mass is 10.1. The van der Waals surface area contributed by atoms with Crippen molar-refractivity contribution in [3.8, 4) is 0 Å². The van der Waals surface area contributed by atoms with Gasteiger partial charge < -0.3 is 15.6 Å². The summed E-state index contributed by atoms with van der Waals surface area (Å²) in [5, 5.41) is 9.16. The highest BCUT2D eigenvalue weighted by atomic mass is 16.5. The van der Waals surface area contributed by atoms with E-state index in [1.54, 1.807) is 0 Å². The van der Waals surface area contributed by atoms with Gasteiger partial charge in [0.05, 0.1) is 13.2 Å². The Morgan fingerprint density at radius 2 is 2.20 bits per heavy atom. The molecule has 0 amide bonds. The molecule has 0 aromatic heterocycles. The van der Waals surface area contributed by atoms with Gasteiger partial charge >= 0.3 is 0 Å². The van der Waals surface area contributed by atoms with Crippen LogP contribution in [0.2, 0.25) is 0 Å². The molecule has 1 aliphatic carbocycles. The van der Waals surface area contributed by atoms with Crippen LogP contribution in [0.3, 0.4) is 0 Å². The normalized spacial score (nSPS) is 20.6. The molecule has 0 spiro atoms. The number of nitrogens with zero attached hydrogens (tertiary/aromatic N) is 1. The second-order valence-corrected chi connectivity index (χ2v) is 4.61. The van der Waals surface area contributed by atoms with Gasteiger partial charge in [-0.15, -0.1) is 0 Å². The molecule has 2 unspecified atom stereocenters. The average molecular weight is 216 g/mol. The van der Waals surface area contributed by atoms with Crippen LogP contribution in [0.4, 0.5) is 0 Å². The quantitative estimate of drug-likeness (QED) is 0.563. The number of aliphatic hydroxyl groups excluding tert-OH is 1. The molecule has 0 aromatic carbocycles. The topological polar surface area (TPSA) is 58.7 Å². The Bertz CT molecular complexity index is 172. The van der Waals surface area contributed by atoms with Crippen molar-refractivity contribution in [2.24, 2.45) is 11.7 Å². The van der Waals surface area contributed by atoms with E-state index in [-0.39, 0.29) is 18.7 Å². The van der Waals surface area contributed by atoms with E-state index in [1.807, 2.05) is 14.0 Å². The van der Waals surface area contributed by atoms with Gasteiger partial charge in [-0.1, -0.05) is 0 Å². The lowest BCUT2D eigenvalue weighted by Gasteiger charge is -2.29. The number of ether oxygens (including phenoxy) is 1. The summed E-state index contributed by atoms with van der Waals surface area (Å²) in [5.41, 5.74) is 5.77. The molecule has 3 N–H and O–H groups in total. The van der Waals surface area contributed by atoms with Gasteiger partial charge in [-0.05, 0) is 32.7 Å². The van der Waals surface area contributed by atoms with Gasteiger partial charge in [0, 0.05) is 25.2 Å². The minimum Gasteiger partial charge on any atom is -0.395 e. The fraction of sp³-hybridized carbons (Fsp3) is 1.00. The minimum absolute atomic E-state index is 0.0107. The van der Waals surface area contributed by atoms with Crippen LogP contribution in [0.15, 0.2) is 0 Å². The molecule has 1 aliphatic rings. The van der Waals surface area contributed by atoms with Crippen LogP contribution in [0.25, 0.3) is 0 Å². The molecule has 15 heavy (non-hydrogen) atoms. The fourth-order valence-electron chi connectivity index (χ4n) is 1.62. The van der Waals surface area contributed by atoms with E-state index in [9.17, 15) is 0 Å². The molecule has 0 heterocycles. The zero-order chi connectivity index (χ0) is 11.3. The van der Waals surface area contributed by atoms with E-state index in [0.29, 0.717) is 0 Å². The molecule has 1 fully saturated rings. The monoisotopic (exact) mass is 216 g/mol. The van der Waals surface area contributed by atoms with E-state index >= 15 is 0 Å². The van der Waals surface area contributed by atoms with Crippen LogP contribution in [0.1, 0.15) is 19.8 Å². The van der Waals surface area contributed by atoms with E-state index in [2.05, 4.69) is 4.90 Å². The summed E-state index contributed by atoms with van der Waals surface area (Å²) in [5.74, 6) is 0.817. The highest BCUT2D eigenvalue weighted by molar-refractivity contribution is 4.76. The van der Waals surface area contributed by atoms with Crippen molar-refractivity contribution < 1.29 is 9.84 Å². The summed E-state index contributed by atoms with van der Waals surface area (Å²) in [6.45, 7) is 4.49. The molecule has 0 bridgehead atoms. The van der Waals surface area contributed by atoms with Crippen molar-refractivity contribution in [2.75, 3.05) is 33.4 Å². The summed E-state index contributed by atoms with van der Waals surface area (Å²) < 4.78 is 5.54. The molecule has 4 heteroatoms. The molecule has 0 saturated heterocycles. The van der Waals surface area contributed by atoms with Crippen LogP contribution < -0.4 is 5.73 Å². The van der Waals surface area contributed by atoms with Crippen molar-refractivity contribution in [3.05, 3.63) is 0 Å². The van der Waals surface area contributed by atoms with Crippen molar-refractivity contribution in [1.29, 1.82) is 0 Å². The maximum absolute atomic E-state index is 9.16. The lowest BCUT2D eigenvalue weighted by molar-refractivity contribution is 0.0705. The Morgan fingerprint density at radius 3 is 2.67 bits per heavy atom. The summed E-state index contributed by atoms with van der Waals surface area (Å²) >= 11 is 0. The minimum atomic E-state index is -0.0107. The number of hydrogen-bond donors (Lipinski definition) is 2. The third-order valence-electron chi connectivity index (χ3n) is 3.00. The van der Waals surface area contributed by atoms with E-state index in [1.165, 1.54) is 12.8 Å². The van der Waals surface area contributed by atoms with Crippen LogP contribution in [-0.4, -0.2) is 55.5 Å². The number of likely N-dealkylation sites (N-methyl/N-ethyl adjacent to an activating group) is 1. The third-order valence-corrected chi connectivity index (χ3v) is 3.00. The smallest absolute Gasteiger partial charge is 0.0601 e. The number of aliphatic hydroxyl groups is 1. The summed E-state index contributed by atoms with van der Waals surface area (Å²) in [6, 6.07) is 0.0259. The van der Waals surface area contributed by atoms with Crippen molar-refractivity contribution in [1.82, 2.24) is 4.90 Å². The molecule has 4 nitrogen and oxygen atoms in total. The van der Waals surface area contributed by atoms with Gasteiger partial charge in [0.2, 0.25) is 0 Å². The molecule has 0 aliphatic heterocycles. The zero-order valence-corrected chi connectivity index (χ0v) is 9.85. The van der Waals surface area contributed by atoms with Gasteiger partial charge in [0.15, 0.2) is 0 Å². The first-order valence-electron chi connectivity index (χ1n) is 5.79. The Balaban J connectivity index is 2.06. The van der Waals surface area contributed by atoms with Gasteiger partial charge in [-0.25, -0.2) is 0 Å². The second kappa shape index (κ2) is 6.43. The maximum Gasteiger partial charge on any atom is 0.0601 e. The second-order valence-electron chi connectivity index (χ2n) is 4.61. The number of nitrogens with two attached hydrogens (primary N) is 1. The van der Waals surface area contributed by atoms with E-state index in [0.717, 1.165) is 25.7 Å². The zero-order valence-electron chi connectivity index (χ0n) is 9.85. The molecule has 90 valence electrons. The Morgan fingerprint density at radius 1 is 1.53 bits per heavy atom. The van der Waals surface area contributed by atoms with Crippen LogP contribution >= 0.6 is 0 Å². The van der Waals surface area contributed by atoms with Crippen molar-refractivity contribution in [2.45, 2.75) is 31.8 Å². The van der Waals surface area contributed by atoms with Crippen molar-refractivity contribution >= 4 is 0 Å². The van der Waals surface area contributed by atoms with Gasteiger partial charge in [-0.3, -0.25) is 4.90 Å². The highest BCUT2D eigenvalue weighted by Gasteiger charge is 2.21. The van der Waals surface area contributed by atoms with Crippen LogP contribution in [0, 0.1) is 5.92 Å². The first-order valence-corrected chi connectivity index (χ1v) is 5.79. The van der Waals surface area contributed by atoms with Crippen LogP contribution in [-0.2, 0) is 4.74 Å². The van der Waals surface area contributed by atoms with Gasteiger partial charge in [-0.2, -0.15) is 0 Å². The van der Waals surface area contributed by atoms with E-state index < -0.39 is 0 Å². The molecule has 2 atom stereocenters. The standard InChI is InChI=1S/C11H24N2O2/c1-9(12)11(7-14)13(2)5-6-15-8-10-3-4-10/h9-11,14H,3-8,12H2,1-2H3. The average Bonchev–Trinajstić information content (AvgIpc) is 2.96. The largest absolute Gasteiger partial charge is 0.395 e. The molecular weight excluding hydrogens is 192 g/mol. The molecular formula is C11H24N2O2. The van der Waals surface area contributed by atoms with Gasteiger partial charge in [0.1, 0.15) is 0 Å². The predicted octanol–water partition coefficient (Wildman–Crippen LogP) is 0.0529. The number of hydrogen-bond acceptors (Lipinski definition) is 4.